The fourth-order valence-corrected chi connectivity index (χ4v) is 3.60. The minimum absolute atomic E-state index is 0.612. The van der Waals surface area contributed by atoms with Crippen molar-refractivity contribution < 1.29 is 0 Å². The monoisotopic (exact) mass is 336 g/mol. The first kappa shape index (κ1) is 12.8. The van der Waals surface area contributed by atoms with Crippen molar-refractivity contribution in [1.29, 1.82) is 0 Å². The van der Waals surface area contributed by atoms with Crippen LogP contribution in [0.15, 0.2) is 28.3 Å². The summed E-state index contributed by atoms with van der Waals surface area (Å²) in [5.74, 6) is 0. The first-order valence-corrected chi connectivity index (χ1v) is 7.56. The SMILES string of the molecule is Cn1cnc2cc(-c3nc(CCN)c(Br)s3)ccc21. The summed E-state index contributed by atoms with van der Waals surface area (Å²) in [6.07, 6.45) is 2.62. The number of hydrogen-bond acceptors (Lipinski definition) is 4. The molecule has 0 aliphatic rings. The molecule has 98 valence electrons. The van der Waals surface area contributed by atoms with Gasteiger partial charge < -0.3 is 10.3 Å². The number of rotatable bonds is 3. The Morgan fingerprint density at radius 3 is 3.05 bits per heavy atom. The normalized spacial score (nSPS) is 11.3. The molecule has 0 atom stereocenters. The summed E-state index contributed by atoms with van der Waals surface area (Å²) < 4.78 is 3.07. The number of benzene rings is 1. The molecule has 1 aromatic carbocycles. The minimum atomic E-state index is 0.612. The zero-order chi connectivity index (χ0) is 13.4. The topological polar surface area (TPSA) is 56.7 Å². The summed E-state index contributed by atoms with van der Waals surface area (Å²) in [7, 11) is 1.99. The number of hydrogen-bond donors (Lipinski definition) is 1. The number of nitrogens with zero attached hydrogens (tertiary/aromatic N) is 3. The Hall–Kier alpha value is -1.24. The van der Waals surface area contributed by atoms with Crippen LogP contribution in [-0.4, -0.2) is 21.1 Å². The molecular weight excluding hydrogens is 324 g/mol. The van der Waals surface area contributed by atoms with E-state index in [-0.39, 0.29) is 0 Å². The third-order valence-electron chi connectivity index (χ3n) is 3.00. The molecule has 19 heavy (non-hydrogen) atoms. The molecule has 0 saturated carbocycles. The Balaban J connectivity index is 2.05. The Kier molecular flexibility index (Phi) is 3.38. The first-order chi connectivity index (χ1) is 9.19. The molecule has 0 saturated heterocycles. The van der Waals surface area contributed by atoms with Gasteiger partial charge in [-0.2, -0.15) is 0 Å². The van der Waals surface area contributed by atoms with Gasteiger partial charge in [0.1, 0.15) is 5.01 Å². The molecule has 2 N–H and O–H groups in total. The number of fused-ring (bicyclic) bond motifs is 1. The van der Waals surface area contributed by atoms with Gasteiger partial charge >= 0.3 is 0 Å². The first-order valence-electron chi connectivity index (χ1n) is 5.96. The highest BCUT2D eigenvalue weighted by molar-refractivity contribution is 9.11. The standard InChI is InChI=1S/C13H13BrN4S/c1-18-7-16-10-6-8(2-3-11(10)18)13-17-9(4-5-15)12(14)19-13/h2-3,6-7H,4-5,15H2,1H3. The minimum Gasteiger partial charge on any atom is -0.334 e. The molecule has 0 fully saturated rings. The largest absolute Gasteiger partial charge is 0.334 e. The van der Waals surface area contributed by atoms with Crippen molar-refractivity contribution in [3.8, 4) is 10.6 Å². The van der Waals surface area contributed by atoms with E-state index in [2.05, 4.69) is 44.1 Å². The van der Waals surface area contributed by atoms with E-state index in [0.717, 1.165) is 37.5 Å². The second-order valence-electron chi connectivity index (χ2n) is 4.34. The van der Waals surface area contributed by atoms with Crippen LogP contribution in [0.3, 0.4) is 0 Å². The zero-order valence-corrected chi connectivity index (χ0v) is 12.8. The summed E-state index contributed by atoms with van der Waals surface area (Å²) in [4.78, 5) is 9.02. The second-order valence-corrected chi connectivity index (χ2v) is 6.65. The maximum Gasteiger partial charge on any atom is 0.124 e. The maximum atomic E-state index is 5.59. The number of thiazole rings is 1. The molecule has 0 aliphatic heterocycles. The summed E-state index contributed by atoms with van der Waals surface area (Å²) >= 11 is 5.19. The highest BCUT2D eigenvalue weighted by Crippen LogP contribution is 2.33. The molecule has 0 aliphatic carbocycles. The van der Waals surface area contributed by atoms with Crippen molar-refractivity contribution in [1.82, 2.24) is 14.5 Å². The van der Waals surface area contributed by atoms with Crippen LogP contribution in [-0.2, 0) is 13.5 Å². The van der Waals surface area contributed by atoms with Gasteiger partial charge in [-0.1, -0.05) is 0 Å². The Morgan fingerprint density at radius 2 is 2.26 bits per heavy atom. The van der Waals surface area contributed by atoms with Crippen LogP contribution in [0, 0.1) is 0 Å². The summed E-state index contributed by atoms with van der Waals surface area (Å²) in [6, 6.07) is 6.24. The van der Waals surface area contributed by atoms with Crippen LogP contribution >= 0.6 is 27.3 Å². The predicted octanol–water partition coefficient (Wildman–Crippen LogP) is 2.96. The third kappa shape index (κ3) is 2.31. The van der Waals surface area contributed by atoms with E-state index in [1.807, 2.05) is 17.9 Å². The van der Waals surface area contributed by atoms with Gasteiger partial charge in [-0.05, 0) is 40.7 Å². The fourth-order valence-electron chi connectivity index (χ4n) is 2.02. The van der Waals surface area contributed by atoms with Gasteiger partial charge in [0.2, 0.25) is 0 Å². The van der Waals surface area contributed by atoms with Crippen LogP contribution in [0.4, 0.5) is 0 Å². The second kappa shape index (κ2) is 5.03. The van der Waals surface area contributed by atoms with Crippen LogP contribution in [0.5, 0.6) is 0 Å². The molecule has 0 unspecified atom stereocenters. The third-order valence-corrected chi connectivity index (χ3v) is 4.88. The summed E-state index contributed by atoms with van der Waals surface area (Å²) in [6.45, 7) is 0.612. The molecule has 3 rings (SSSR count). The number of imidazole rings is 1. The lowest BCUT2D eigenvalue weighted by Gasteiger charge is -1.98. The maximum absolute atomic E-state index is 5.59. The van der Waals surface area contributed by atoms with E-state index in [1.54, 1.807) is 11.3 Å². The van der Waals surface area contributed by atoms with Crippen molar-refractivity contribution in [2.45, 2.75) is 6.42 Å². The number of aryl methyl sites for hydroxylation is 1. The van der Waals surface area contributed by atoms with Crippen molar-refractivity contribution in [2.75, 3.05) is 6.54 Å². The van der Waals surface area contributed by atoms with E-state index >= 15 is 0 Å². The van der Waals surface area contributed by atoms with Gasteiger partial charge in [0.25, 0.3) is 0 Å². The molecule has 2 aromatic heterocycles. The van der Waals surface area contributed by atoms with Gasteiger partial charge in [0.05, 0.1) is 26.8 Å². The van der Waals surface area contributed by atoms with E-state index in [9.17, 15) is 0 Å². The molecule has 0 radical (unpaired) electrons. The van der Waals surface area contributed by atoms with Crippen LogP contribution in [0.1, 0.15) is 5.69 Å². The number of aromatic nitrogens is 3. The Morgan fingerprint density at radius 1 is 1.42 bits per heavy atom. The van der Waals surface area contributed by atoms with Crippen molar-refractivity contribution in [3.05, 3.63) is 34.0 Å². The Bertz CT molecular complexity index is 731. The van der Waals surface area contributed by atoms with Crippen molar-refractivity contribution in [2.24, 2.45) is 12.8 Å². The quantitative estimate of drug-likeness (QED) is 0.799. The molecule has 0 spiro atoms. The highest BCUT2D eigenvalue weighted by atomic mass is 79.9. The average Bonchev–Trinajstić information content (AvgIpc) is 2.95. The summed E-state index contributed by atoms with van der Waals surface area (Å²) in [5.41, 5.74) is 9.83. The van der Waals surface area contributed by atoms with Gasteiger partial charge in [-0.3, -0.25) is 0 Å². The van der Waals surface area contributed by atoms with Crippen LogP contribution < -0.4 is 5.73 Å². The number of nitrogens with two attached hydrogens (primary N) is 1. The zero-order valence-electron chi connectivity index (χ0n) is 10.4. The molecule has 0 bridgehead atoms. The molecule has 4 nitrogen and oxygen atoms in total. The van der Waals surface area contributed by atoms with Crippen molar-refractivity contribution >= 4 is 38.3 Å². The van der Waals surface area contributed by atoms with E-state index in [0.29, 0.717) is 6.54 Å². The lowest BCUT2D eigenvalue weighted by molar-refractivity contribution is 0.931. The molecule has 2 heterocycles. The highest BCUT2D eigenvalue weighted by Gasteiger charge is 2.11. The van der Waals surface area contributed by atoms with Crippen LogP contribution in [0.2, 0.25) is 0 Å². The van der Waals surface area contributed by atoms with Gasteiger partial charge in [0.15, 0.2) is 0 Å². The lowest BCUT2D eigenvalue weighted by atomic mass is 10.2. The molecular formula is C13H13BrN4S. The van der Waals surface area contributed by atoms with Crippen molar-refractivity contribution in [3.63, 3.8) is 0 Å². The van der Waals surface area contributed by atoms with E-state index < -0.39 is 0 Å². The van der Waals surface area contributed by atoms with Gasteiger partial charge in [-0.15, -0.1) is 11.3 Å². The van der Waals surface area contributed by atoms with E-state index in [4.69, 9.17) is 5.73 Å². The molecule has 0 amide bonds. The number of halogens is 1. The average molecular weight is 337 g/mol. The molecule has 6 heteroatoms. The fraction of sp³-hybridized carbons (Fsp3) is 0.231. The smallest absolute Gasteiger partial charge is 0.124 e. The predicted molar refractivity (Wildman–Crippen MR) is 82.3 cm³/mol. The lowest BCUT2D eigenvalue weighted by Crippen LogP contribution is -2.03. The van der Waals surface area contributed by atoms with Gasteiger partial charge in [-0.25, -0.2) is 9.97 Å². The Labute approximate surface area is 123 Å². The molecule has 3 aromatic rings. The van der Waals surface area contributed by atoms with Crippen LogP contribution in [0.25, 0.3) is 21.6 Å². The van der Waals surface area contributed by atoms with Gasteiger partial charge in [0, 0.05) is 19.0 Å². The van der Waals surface area contributed by atoms with E-state index in [1.165, 1.54) is 0 Å². The summed E-state index contributed by atoms with van der Waals surface area (Å²) in [5, 5.41) is 1.00.